The quantitative estimate of drug-likeness (QED) is 0.177. The Morgan fingerprint density at radius 3 is 1.38 bits per heavy atom. The molecule has 6 rings (SSSR count). The Bertz CT molecular complexity index is 1680. The van der Waals surface area contributed by atoms with Crippen LogP contribution in [0.3, 0.4) is 0 Å². The summed E-state index contributed by atoms with van der Waals surface area (Å²) in [6, 6.07) is 49.2. The maximum absolute atomic E-state index is 3.39. The molecule has 234 valence electrons. The van der Waals surface area contributed by atoms with E-state index in [-0.39, 0.29) is 0 Å². The fourth-order valence-corrected chi connectivity index (χ4v) is 5.27. The van der Waals surface area contributed by atoms with Crippen molar-refractivity contribution in [3.8, 4) is 0 Å². The Hall–Kier alpha value is -3.68. The minimum atomic E-state index is 0.603. The van der Waals surface area contributed by atoms with Gasteiger partial charge in [0.2, 0.25) is 0 Å². The highest BCUT2D eigenvalue weighted by Gasteiger charge is 2.03. The third-order valence-corrected chi connectivity index (χ3v) is 8.42. The highest BCUT2D eigenvalue weighted by molar-refractivity contribution is 9.10. The average molecular weight is 660 g/mol. The van der Waals surface area contributed by atoms with Crippen molar-refractivity contribution in [2.75, 3.05) is 0 Å². The minimum Gasteiger partial charge on any atom is -0.0622 e. The van der Waals surface area contributed by atoms with E-state index in [4.69, 9.17) is 0 Å². The molecule has 0 aliphatic rings. The molecule has 0 nitrogen and oxygen atoms in total. The van der Waals surface area contributed by atoms with Gasteiger partial charge in [-0.1, -0.05) is 199 Å². The molecular formula is C44H51Br. The first-order valence-electron chi connectivity index (χ1n) is 16.3. The zero-order valence-corrected chi connectivity index (χ0v) is 30.1. The van der Waals surface area contributed by atoms with Gasteiger partial charge in [-0.3, -0.25) is 0 Å². The third kappa shape index (κ3) is 11.6. The smallest absolute Gasteiger partial charge is 0.0175 e. The summed E-state index contributed by atoms with van der Waals surface area (Å²) in [6.07, 6.45) is 0. The van der Waals surface area contributed by atoms with Crippen LogP contribution in [0, 0.1) is 0 Å². The predicted octanol–water partition coefficient (Wildman–Crippen LogP) is 14.3. The van der Waals surface area contributed by atoms with E-state index >= 15 is 0 Å². The Morgan fingerprint density at radius 1 is 0.356 bits per heavy atom. The Kier molecular flexibility index (Phi) is 14.6. The zero-order chi connectivity index (χ0) is 32.8. The van der Waals surface area contributed by atoms with Crippen LogP contribution in [0.2, 0.25) is 0 Å². The minimum absolute atomic E-state index is 0.603. The molecule has 6 aromatic carbocycles. The molecule has 6 aromatic rings. The van der Waals surface area contributed by atoms with Crippen LogP contribution in [-0.2, 0) is 0 Å². The van der Waals surface area contributed by atoms with Crippen molar-refractivity contribution in [3.63, 3.8) is 0 Å². The van der Waals surface area contributed by atoms with Gasteiger partial charge in [0.15, 0.2) is 0 Å². The third-order valence-electron chi connectivity index (χ3n) is 7.89. The van der Waals surface area contributed by atoms with Gasteiger partial charge in [0.25, 0.3) is 0 Å². The van der Waals surface area contributed by atoms with Crippen molar-refractivity contribution < 1.29 is 0 Å². The Morgan fingerprint density at radius 2 is 0.822 bits per heavy atom. The molecule has 0 unspecified atom stereocenters. The van der Waals surface area contributed by atoms with Crippen molar-refractivity contribution >= 4 is 37.5 Å². The van der Waals surface area contributed by atoms with E-state index in [1.54, 1.807) is 0 Å². The van der Waals surface area contributed by atoms with Crippen molar-refractivity contribution in [3.05, 3.63) is 166 Å². The first-order chi connectivity index (χ1) is 21.6. The molecule has 0 aliphatic heterocycles. The molecule has 1 heteroatoms. The lowest BCUT2D eigenvalue weighted by atomic mass is 9.96. The normalized spacial score (nSPS) is 10.7. The summed E-state index contributed by atoms with van der Waals surface area (Å²) in [5.41, 5.74) is 5.66. The second kappa shape index (κ2) is 18.3. The number of hydrogen-bond donors (Lipinski definition) is 0. The fraction of sp³-hybridized carbons (Fsp3) is 0.273. The van der Waals surface area contributed by atoms with Gasteiger partial charge in [-0.05, 0) is 79.6 Å². The van der Waals surface area contributed by atoms with E-state index in [2.05, 4.69) is 205 Å². The number of halogens is 1. The summed E-state index contributed by atoms with van der Waals surface area (Å²) in [6.45, 7) is 17.7. The van der Waals surface area contributed by atoms with Crippen molar-refractivity contribution in [1.29, 1.82) is 0 Å². The van der Waals surface area contributed by atoms with Gasteiger partial charge >= 0.3 is 0 Å². The zero-order valence-electron chi connectivity index (χ0n) is 28.5. The Labute approximate surface area is 281 Å². The van der Waals surface area contributed by atoms with Gasteiger partial charge < -0.3 is 0 Å². The summed E-state index contributed by atoms with van der Waals surface area (Å²) >= 11 is 3.39. The highest BCUT2D eigenvalue weighted by Crippen LogP contribution is 2.25. The van der Waals surface area contributed by atoms with Crippen LogP contribution in [0.5, 0.6) is 0 Å². The summed E-state index contributed by atoms with van der Waals surface area (Å²) in [5, 5.41) is 5.40. The predicted molar refractivity (Wildman–Crippen MR) is 205 cm³/mol. The van der Waals surface area contributed by atoms with E-state index in [0.29, 0.717) is 23.7 Å². The first kappa shape index (κ1) is 35.8. The standard InChI is InChI=1S/2C13H14.C9H11Br.C9H12/c1-10(2)12-9-5-7-11-6-3-4-8-13(11)12;1-10(2)12-8-7-11-5-3-4-6-13(11)9-12;1-7(2)8-3-5-9(10)6-4-8;1-8(2)9-6-4-3-5-7-9/h2*3-10H,1-2H3;3-7H,1-2H3;3-8H,1-2H3. The van der Waals surface area contributed by atoms with Crippen molar-refractivity contribution in [1.82, 2.24) is 0 Å². The molecule has 0 aliphatic carbocycles. The summed E-state index contributed by atoms with van der Waals surface area (Å²) < 4.78 is 1.15. The second-order valence-electron chi connectivity index (χ2n) is 12.8. The number of benzene rings is 6. The molecule has 0 saturated heterocycles. The monoisotopic (exact) mass is 658 g/mol. The molecule has 0 radical (unpaired) electrons. The number of rotatable bonds is 4. The van der Waals surface area contributed by atoms with Crippen LogP contribution in [0.1, 0.15) is 101 Å². The topological polar surface area (TPSA) is 0 Å². The Balaban J connectivity index is 0.000000166. The number of hydrogen-bond acceptors (Lipinski definition) is 0. The molecule has 0 fully saturated rings. The van der Waals surface area contributed by atoms with E-state index in [1.165, 1.54) is 43.8 Å². The van der Waals surface area contributed by atoms with Gasteiger partial charge in [-0.15, -0.1) is 0 Å². The number of fused-ring (bicyclic) bond motifs is 2. The average Bonchev–Trinajstić information content (AvgIpc) is 3.05. The second-order valence-corrected chi connectivity index (χ2v) is 13.7. The van der Waals surface area contributed by atoms with Gasteiger partial charge in [0.05, 0.1) is 0 Å². The van der Waals surface area contributed by atoms with Crippen molar-refractivity contribution in [2.45, 2.75) is 79.1 Å². The lowest BCUT2D eigenvalue weighted by molar-refractivity contribution is 0.866. The van der Waals surface area contributed by atoms with Crippen LogP contribution in [0.25, 0.3) is 21.5 Å². The van der Waals surface area contributed by atoms with E-state index < -0.39 is 0 Å². The largest absolute Gasteiger partial charge is 0.0622 e. The fourth-order valence-electron chi connectivity index (χ4n) is 5.01. The van der Waals surface area contributed by atoms with Crippen LogP contribution >= 0.6 is 15.9 Å². The van der Waals surface area contributed by atoms with E-state index in [9.17, 15) is 0 Å². The maximum Gasteiger partial charge on any atom is 0.0175 e. The van der Waals surface area contributed by atoms with Crippen LogP contribution in [0.4, 0.5) is 0 Å². The SMILES string of the molecule is CC(C)c1ccc(Br)cc1.CC(C)c1ccc2ccccc2c1.CC(C)c1cccc2ccccc12.CC(C)c1ccccc1. The summed E-state index contributed by atoms with van der Waals surface area (Å²) in [4.78, 5) is 0. The molecule has 0 aromatic heterocycles. The van der Waals surface area contributed by atoms with Gasteiger partial charge in [0, 0.05) is 4.47 Å². The van der Waals surface area contributed by atoms with E-state index in [0.717, 1.165) is 4.47 Å². The summed E-state index contributed by atoms with van der Waals surface area (Å²) in [7, 11) is 0. The molecule has 0 bridgehead atoms. The van der Waals surface area contributed by atoms with Gasteiger partial charge in [-0.25, -0.2) is 0 Å². The lowest BCUT2D eigenvalue weighted by Crippen LogP contribution is -1.88. The first-order valence-corrected chi connectivity index (χ1v) is 17.1. The molecule has 0 amide bonds. The summed E-state index contributed by atoms with van der Waals surface area (Å²) in [5.74, 6) is 2.51. The molecule has 45 heavy (non-hydrogen) atoms. The molecule has 0 heterocycles. The molecular weight excluding hydrogens is 608 g/mol. The van der Waals surface area contributed by atoms with Crippen molar-refractivity contribution in [2.24, 2.45) is 0 Å². The van der Waals surface area contributed by atoms with Gasteiger partial charge in [-0.2, -0.15) is 0 Å². The molecule has 0 N–H and O–H groups in total. The lowest BCUT2D eigenvalue weighted by Gasteiger charge is -2.08. The highest BCUT2D eigenvalue weighted by atomic mass is 79.9. The molecule has 0 atom stereocenters. The van der Waals surface area contributed by atoms with Crippen LogP contribution < -0.4 is 0 Å². The van der Waals surface area contributed by atoms with Crippen LogP contribution in [-0.4, -0.2) is 0 Å². The molecule has 0 saturated carbocycles. The van der Waals surface area contributed by atoms with E-state index in [1.807, 2.05) is 6.07 Å². The molecule has 0 spiro atoms. The van der Waals surface area contributed by atoms with Crippen LogP contribution in [0.15, 0.2) is 144 Å². The maximum atomic E-state index is 3.39. The van der Waals surface area contributed by atoms with Gasteiger partial charge in [0.1, 0.15) is 0 Å².